The van der Waals surface area contributed by atoms with Crippen LogP contribution in [-0.2, 0) is 6.54 Å². The predicted molar refractivity (Wildman–Crippen MR) is 52.7 cm³/mol. The summed E-state index contributed by atoms with van der Waals surface area (Å²) in [4.78, 5) is 3.84. The Labute approximate surface area is 94.4 Å². The second-order valence-corrected chi connectivity index (χ2v) is 3.33. The minimum Gasteiger partial charge on any atom is -0.373 e. The average Bonchev–Trinajstić information content (AvgIpc) is 2.62. The van der Waals surface area contributed by atoms with Gasteiger partial charge in [0, 0.05) is 19.1 Å². The summed E-state index contributed by atoms with van der Waals surface area (Å²) in [6, 6.07) is 1.18. The summed E-state index contributed by atoms with van der Waals surface area (Å²) in [6.45, 7) is 1.58. The lowest BCUT2D eigenvalue weighted by molar-refractivity contribution is 0.388. The van der Waals surface area contributed by atoms with E-state index in [0.29, 0.717) is 18.0 Å². The molecule has 0 aliphatic carbocycles. The van der Waals surface area contributed by atoms with Gasteiger partial charge in [-0.15, -0.1) is 0 Å². The van der Waals surface area contributed by atoms with E-state index in [1.807, 2.05) is 0 Å². The van der Waals surface area contributed by atoms with Crippen molar-refractivity contribution >= 4 is 5.69 Å². The lowest BCUT2D eigenvalue weighted by Crippen LogP contribution is -2.05. The van der Waals surface area contributed by atoms with Crippen LogP contribution in [0.5, 0.6) is 0 Å². The van der Waals surface area contributed by atoms with Crippen molar-refractivity contribution in [3.05, 3.63) is 41.3 Å². The minimum atomic E-state index is -1.01. The number of nitrogens with zero attached hydrogens (tertiary/aromatic N) is 2. The molecule has 2 rings (SSSR count). The molecule has 0 aliphatic heterocycles. The summed E-state index contributed by atoms with van der Waals surface area (Å²) in [5.41, 5.74) is -0.422. The average molecular weight is 243 g/mol. The molecular formula is C10H8F3N3O. The summed E-state index contributed by atoms with van der Waals surface area (Å²) in [5.74, 6) is -2.39. The van der Waals surface area contributed by atoms with Gasteiger partial charge in [-0.3, -0.25) is 0 Å². The lowest BCUT2D eigenvalue weighted by atomic mass is 10.2. The Balaban J connectivity index is 2.14. The first-order chi connectivity index (χ1) is 8.06. The zero-order valence-electron chi connectivity index (χ0n) is 8.80. The van der Waals surface area contributed by atoms with Crippen LogP contribution in [0.25, 0.3) is 0 Å². The highest BCUT2D eigenvalue weighted by Crippen LogP contribution is 2.20. The van der Waals surface area contributed by atoms with Crippen molar-refractivity contribution in [2.45, 2.75) is 13.5 Å². The Hall–Kier alpha value is -2.05. The number of hydrogen-bond acceptors (Lipinski definition) is 4. The number of aryl methyl sites for hydroxylation is 1. The molecule has 1 aromatic heterocycles. The number of halogens is 3. The van der Waals surface area contributed by atoms with Crippen LogP contribution in [0.2, 0.25) is 0 Å². The lowest BCUT2D eigenvalue weighted by Gasteiger charge is -2.06. The predicted octanol–water partition coefficient (Wildman–Crippen LogP) is 2.41. The van der Waals surface area contributed by atoms with Crippen LogP contribution in [0.15, 0.2) is 16.7 Å². The summed E-state index contributed by atoms with van der Waals surface area (Å²) < 4.78 is 43.7. The zero-order chi connectivity index (χ0) is 12.4. The molecule has 2 aromatic rings. The number of benzene rings is 1. The molecule has 17 heavy (non-hydrogen) atoms. The van der Waals surface area contributed by atoms with Crippen LogP contribution in [0.3, 0.4) is 0 Å². The fraction of sp³-hybridized carbons (Fsp3) is 0.200. The van der Waals surface area contributed by atoms with E-state index < -0.39 is 23.1 Å². The molecule has 1 N–H and O–H groups in total. The molecule has 7 heteroatoms. The fourth-order valence-electron chi connectivity index (χ4n) is 1.29. The van der Waals surface area contributed by atoms with Gasteiger partial charge in [0.1, 0.15) is 11.5 Å². The Morgan fingerprint density at radius 2 is 1.88 bits per heavy atom. The Bertz CT molecular complexity index is 518. The molecule has 0 fully saturated rings. The SMILES string of the molecule is Cc1nc(CNc2c(F)cc(F)cc2F)no1. The van der Waals surface area contributed by atoms with Crippen molar-refractivity contribution in [3.8, 4) is 0 Å². The molecule has 90 valence electrons. The third-order valence-electron chi connectivity index (χ3n) is 2.00. The highest BCUT2D eigenvalue weighted by molar-refractivity contribution is 5.46. The van der Waals surface area contributed by atoms with E-state index in [4.69, 9.17) is 0 Å². The Morgan fingerprint density at radius 3 is 2.41 bits per heavy atom. The number of rotatable bonds is 3. The maximum Gasteiger partial charge on any atom is 0.223 e. The van der Waals surface area contributed by atoms with Crippen molar-refractivity contribution < 1.29 is 17.7 Å². The van der Waals surface area contributed by atoms with Crippen LogP contribution in [0.4, 0.5) is 18.9 Å². The molecule has 1 aromatic carbocycles. The van der Waals surface area contributed by atoms with Gasteiger partial charge in [-0.2, -0.15) is 4.98 Å². The normalized spacial score (nSPS) is 10.6. The quantitative estimate of drug-likeness (QED) is 0.899. The van der Waals surface area contributed by atoms with Crippen LogP contribution >= 0.6 is 0 Å². The van der Waals surface area contributed by atoms with Gasteiger partial charge in [-0.25, -0.2) is 13.2 Å². The van der Waals surface area contributed by atoms with Gasteiger partial charge in [0.15, 0.2) is 17.5 Å². The van der Waals surface area contributed by atoms with Crippen molar-refractivity contribution in [1.29, 1.82) is 0 Å². The smallest absolute Gasteiger partial charge is 0.223 e. The molecule has 0 atom stereocenters. The van der Waals surface area contributed by atoms with Crippen LogP contribution < -0.4 is 5.32 Å². The first kappa shape index (κ1) is 11.4. The third-order valence-corrected chi connectivity index (χ3v) is 2.00. The molecule has 0 unspecified atom stereocenters. The first-order valence-corrected chi connectivity index (χ1v) is 4.74. The largest absolute Gasteiger partial charge is 0.373 e. The number of aromatic nitrogens is 2. The van der Waals surface area contributed by atoms with E-state index in [1.165, 1.54) is 0 Å². The van der Waals surface area contributed by atoms with Gasteiger partial charge in [-0.1, -0.05) is 5.16 Å². The van der Waals surface area contributed by atoms with E-state index in [0.717, 1.165) is 0 Å². The number of hydrogen-bond donors (Lipinski definition) is 1. The van der Waals surface area contributed by atoms with Crippen molar-refractivity contribution in [2.24, 2.45) is 0 Å². The van der Waals surface area contributed by atoms with E-state index in [1.54, 1.807) is 6.92 Å². The highest BCUT2D eigenvalue weighted by atomic mass is 19.1. The van der Waals surface area contributed by atoms with Gasteiger partial charge in [0.05, 0.1) is 6.54 Å². The van der Waals surface area contributed by atoms with E-state index >= 15 is 0 Å². The Kier molecular flexibility index (Phi) is 2.99. The van der Waals surface area contributed by atoms with E-state index in [9.17, 15) is 13.2 Å². The summed E-state index contributed by atoms with van der Waals surface area (Å²) >= 11 is 0. The molecule has 0 spiro atoms. The first-order valence-electron chi connectivity index (χ1n) is 4.74. The molecule has 0 saturated heterocycles. The highest BCUT2D eigenvalue weighted by Gasteiger charge is 2.12. The van der Waals surface area contributed by atoms with Crippen molar-refractivity contribution in [3.63, 3.8) is 0 Å². The third kappa shape index (κ3) is 2.55. The molecule has 0 radical (unpaired) electrons. The second kappa shape index (κ2) is 4.44. The molecule has 0 aliphatic rings. The molecule has 0 amide bonds. The number of anilines is 1. The van der Waals surface area contributed by atoms with Gasteiger partial charge < -0.3 is 9.84 Å². The van der Waals surface area contributed by atoms with E-state index in [-0.39, 0.29) is 12.4 Å². The van der Waals surface area contributed by atoms with Crippen LogP contribution in [0, 0.1) is 24.4 Å². The van der Waals surface area contributed by atoms with Crippen LogP contribution in [0.1, 0.15) is 11.7 Å². The van der Waals surface area contributed by atoms with Gasteiger partial charge in [-0.05, 0) is 0 Å². The van der Waals surface area contributed by atoms with Gasteiger partial charge in [0.2, 0.25) is 5.89 Å². The minimum absolute atomic E-state index is 0.0171. The standard InChI is InChI=1S/C10H8F3N3O/c1-5-15-9(16-17-5)4-14-10-7(12)2-6(11)3-8(10)13/h2-3,14H,4H2,1H3. The summed E-state index contributed by atoms with van der Waals surface area (Å²) in [5, 5.41) is 5.98. The molecule has 0 bridgehead atoms. The maximum atomic E-state index is 13.2. The van der Waals surface area contributed by atoms with Crippen molar-refractivity contribution in [2.75, 3.05) is 5.32 Å². The van der Waals surface area contributed by atoms with Gasteiger partial charge >= 0.3 is 0 Å². The zero-order valence-corrected chi connectivity index (χ0v) is 8.80. The molecular weight excluding hydrogens is 235 g/mol. The second-order valence-electron chi connectivity index (χ2n) is 3.33. The van der Waals surface area contributed by atoms with Crippen LogP contribution in [-0.4, -0.2) is 10.1 Å². The number of nitrogens with one attached hydrogen (secondary N) is 1. The molecule has 4 nitrogen and oxygen atoms in total. The maximum absolute atomic E-state index is 13.2. The van der Waals surface area contributed by atoms with E-state index in [2.05, 4.69) is 20.0 Å². The summed E-state index contributed by atoms with van der Waals surface area (Å²) in [6.07, 6.45) is 0. The van der Waals surface area contributed by atoms with Crippen molar-refractivity contribution in [1.82, 2.24) is 10.1 Å². The topological polar surface area (TPSA) is 51.0 Å². The van der Waals surface area contributed by atoms with Gasteiger partial charge in [0.25, 0.3) is 0 Å². The molecule has 0 saturated carbocycles. The Morgan fingerprint density at radius 1 is 1.24 bits per heavy atom. The molecule has 1 heterocycles. The monoisotopic (exact) mass is 243 g/mol. The fourth-order valence-corrected chi connectivity index (χ4v) is 1.29. The summed E-state index contributed by atoms with van der Waals surface area (Å²) in [7, 11) is 0.